The van der Waals surface area contributed by atoms with E-state index in [1.54, 1.807) is 11.1 Å². The first-order valence-electron chi connectivity index (χ1n) is 10.5. The number of hydrogen-bond donors (Lipinski definition) is 0. The highest BCUT2D eigenvalue weighted by Gasteiger charge is 2.58. The van der Waals surface area contributed by atoms with E-state index in [0.717, 1.165) is 6.32 Å². The zero-order valence-electron chi connectivity index (χ0n) is 17.5. The molecule has 3 heteroatoms. The van der Waals surface area contributed by atoms with Crippen molar-refractivity contribution in [3.05, 3.63) is 35.4 Å². The Morgan fingerprint density at radius 1 is 0.962 bits per heavy atom. The number of aryl methyl sites for hydroxylation is 1. The van der Waals surface area contributed by atoms with E-state index in [-0.39, 0.29) is 23.7 Å². The van der Waals surface area contributed by atoms with Crippen LogP contribution < -0.4 is 0 Å². The monoisotopic (exact) mass is 354 g/mol. The molecule has 4 rings (SSSR count). The molecule has 0 spiro atoms. The fourth-order valence-corrected chi connectivity index (χ4v) is 6.17. The van der Waals surface area contributed by atoms with Gasteiger partial charge in [0.25, 0.3) is 0 Å². The van der Waals surface area contributed by atoms with E-state index in [4.69, 9.17) is 9.31 Å². The van der Waals surface area contributed by atoms with Crippen molar-refractivity contribution in [2.75, 3.05) is 0 Å². The van der Waals surface area contributed by atoms with Crippen LogP contribution in [0.5, 0.6) is 0 Å². The first kappa shape index (κ1) is 18.6. The normalized spacial score (nSPS) is 34.2. The third-order valence-corrected chi connectivity index (χ3v) is 8.14. The smallest absolute Gasteiger partial charge is 0.403 e. The van der Waals surface area contributed by atoms with Gasteiger partial charge in [0.2, 0.25) is 0 Å². The van der Waals surface area contributed by atoms with Gasteiger partial charge in [0.05, 0.1) is 11.2 Å². The minimum atomic E-state index is -0.248. The molecular formula is C23H35BO2. The van der Waals surface area contributed by atoms with Crippen LogP contribution in [0.15, 0.2) is 24.3 Å². The summed E-state index contributed by atoms with van der Waals surface area (Å²) in [5.41, 5.74) is 3.22. The van der Waals surface area contributed by atoms with E-state index < -0.39 is 0 Å². The molecule has 1 aromatic rings. The Morgan fingerprint density at radius 3 is 2.31 bits per heavy atom. The maximum absolute atomic E-state index is 6.47. The van der Waals surface area contributed by atoms with E-state index in [1.165, 1.54) is 32.1 Å². The van der Waals surface area contributed by atoms with Crippen molar-refractivity contribution in [1.29, 1.82) is 0 Å². The van der Waals surface area contributed by atoms with Crippen molar-refractivity contribution in [3.8, 4) is 0 Å². The molecule has 3 aliphatic rings. The van der Waals surface area contributed by atoms with Gasteiger partial charge in [0, 0.05) is 0 Å². The van der Waals surface area contributed by atoms with Gasteiger partial charge >= 0.3 is 7.12 Å². The zero-order valence-corrected chi connectivity index (χ0v) is 17.5. The Hall–Kier alpha value is -0.795. The van der Waals surface area contributed by atoms with Gasteiger partial charge in [-0.3, -0.25) is 0 Å². The van der Waals surface area contributed by atoms with E-state index in [0.29, 0.717) is 11.3 Å². The first-order valence-corrected chi connectivity index (χ1v) is 10.5. The van der Waals surface area contributed by atoms with Crippen LogP contribution in [-0.2, 0) is 21.1 Å². The lowest BCUT2D eigenvalue weighted by molar-refractivity contribution is 0.00578. The van der Waals surface area contributed by atoms with E-state index in [2.05, 4.69) is 65.8 Å². The van der Waals surface area contributed by atoms with Gasteiger partial charge in [0.15, 0.2) is 0 Å². The van der Waals surface area contributed by atoms with Crippen molar-refractivity contribution in [2.45, 2.75) is 96.6 Å². The molecule has 1 heterocycles. The Morgan fingerprint density at radius 2 is 1.62 bits per heavy atom. The average molecular weight is 354 g/mol. The van der Waals surface area contributed by atoms with Gasteiger partial charge in [-0.15, -0.1) is 0 Å². The zero-order chi connectivity index (χ0) is 18.8. The van der Waals surface area contributed by atoms with Crippen LogP contribution in [-0.4, -0.2) is 18.3 Å². The third-order valence-electron chi connectivity index (χ3n) is 8.14. The topological polar surface area (TPSA) is 18.5 Å². The Kier molecular flexibility index (Phi) is 4.18. The number of rotatable bonds is 2. The highest BCUT2D eigenvalue weighted by molar-refractivity contribution is 6.46. The van der Waals surface area contributed by atoms with Gasteiger partial charge in [-0.2, -0.15) is 0 Å². The van der Waals surface area contributed by atoms with Crippen molar-refractivity contribution < 1.29 is 9.31 Å². The molecule has 0 bridgehead atoms. The lowest BCUT2D eigenvalue weighted by Gasteiger charge is -2.56. The molecule has 2 nitrogen and oxygen atoms in total. The van der Waals surface area contributed by atoms with Crippen LogP contribution >= 0.6 is 0 Å². The van der Waals surface area contributed by atoms with Gasteiger partial charge in [-0.05, 0) is 87.6 Å². The van der Waals surface area contributed by atoms with E-state index in [9.17, 15) is 0 Å². The predicted octanol–water partition coefficient (Wildman–Crippen LogP) is 5.79. The van der Waals surface area contributed by atoms with Crippen LogP contribution in [0.3, 0.4) is 0 Å². The summed E-state index contributed by atoms with van der Waals surface area (Å²) in [5.74, 6) is 0.706. The van der Waals surface area contributed by atoms with Crippen LogP contribution in [0.25, 0.3) is 0 Å². The molecule has 142 valence electrons. The molecular weight excluding hydrogens is 319 g/mol. The second-order valence-electron chi connectivity index (χ2n) is 10.6. The lowest BCUT2D eigenvalue weighted by atomic mass is 9.45. The van der Waals surface area contributed by atoms with Crippen LogP contribution in [0.4, 0.5) is 0 Å². The maximum Gasteiger partial charge on any atom is 0.458 e. The summed E-state index contributed by atoms with van der Waals surface area (Å²) in [7, 11) is -0.109. The molecule has 0 amide bonds. The molecule has 26 heavy (non-hydrogen) atoms. The van der Waals surface area contributed by atoms with Crippen molar-refractivity contribution >= 4 is 7.12 Å². The molecule has 1 saturated carbocycles. The molecule has 2 aliphatic carbocycles. The van der Waals surface area contributed by atoms with Gasteiger partial charge in [0.1, 0.15) is 0 Å². The standard InChI is InChI=1S/C23H35BO2/c1-20(2)14-9-15-23(16-24-25-21(3,4)22(5,6)26-24)18-11-8-7-10-17(18)12-13-19(20)23/h7-8,10-11,19H,9,12-16H2,1-6H3/t19-,23-/m1/s1. The van der Waals surface area contributed by atoms with Crippen LogP contribution in [0, 0.1) is 11.3 Å². The molecule has 1 aliphatic heterocycles. The molecule has 0 unspecified atom stereocenters. The lowest BCUT2D eigenvalue weighted by Crippen LogP contribution is -2.51. The Bertz CT molecular complexity index is 677. The summed E-state index contributed by atoms with van der Waals surface area (Å²) in [4.78, 5) is 0. The SMILES string of the molecule is CC1(C)CCC[C@@]2(CB3OC(C)(C)C(C)(C)O3)c3ccccc3CC[C@H]12. The number of hydrogen-bond acceptors (Lipinski definition) is 2. The van der Waals surface area contributed by atoms with Crippen LogP contribution in [0.2, 0.25) is 6.32 Å². The maximum atomic E-state index is 6.47. The van der Waals surface area contributed by atoms with Crippen molar-refractivity contribution in [2.24, 2.45) is 11.3 Å². The second kappa shape index (κ2) is 5.85. The summed E-state index contributed by atoms with van der Waals surface area (Å²) in [5, 5.41) is 0. The second-order valence-corrected chi connectivity index (χ2v) is 10.6. The largest absolute Gasteiger partial charge is 0.458 e. The summed E-state index contributed by atoms with van der Waals surface area (Å²) < 4.78 is 12.9. The fourth-order valence-electron chi connectivity index (χ4n) is 6.17. The van der Waals surface area contributed by atoms with E-state index >= 15 is 0 Å². The minimum Gasteiger partial charge on any atom is -0.403 e. The summed E-state index contributed by atoms with van der Waals surface area (Å²) >= 11 is 0. The average Bonchev–Trinajstić information content (AvgIpc) is 2.73. The Labute approximate surface area is 160 Å². The number of fused-ring (bicyclic) bond motifs is 3. The van der Waals surface area contributed by atoms with Crippen molar-refractivity contribution in [3.63, 3.8) is 0 Å². The Balaban J connectivity index is 1.75. The fraction of sp³-hybridized carbons (Fsp3) is 0.739. The highest BCUT2D eigenvalue weighted by Crippen LogP contribution is 2.60. The highest BCUT2D eigenvalue weighted by atomic mass is 16.7. The van der Waals surface area contributed by atoms with Crippen LogP contribution in [0.1, 0.15) is 78.4 Å². The number of benzene rings is 1. The summed E-state index contributed by atoms with van der Waals surface area (Å²) in [6.07, 6.45) is 7.41. The summed E-state index contributed by atoms with van der Waals surface area (Å²) in [6, 6.07) is 9.18. The molecule has 2 atom stereocenters. The molecule has 0 aromatic heterocycles. The summed E-state index contributed by atoms with van der Waals surface area (Å²) in [6.45, 7) is 13.7. The van der Waals surface area contributed by atoms with Gasteiger partial charge < -0.3 is 9.31 Å². The van der Waals surface area contributed by atoms with Gasteiger partial charge in [-0.1, -0.05) is 44.5 Å². The quantitative estimate of drug-likeness (QED) is 0.626. The molecule has 0 N–H and O–H groups in total. The molecule has 2 fully saturated rings. The molecule has 1 aromatic carbocycles. The third kappa shape index (κ3) is 2.69. The first-order chi connectivity index (χ1) is 12.1. The minimum absolute atomic E-state index is 0.109. The van der Waals surface area contributed by atoms with Gasteiger partial charge in [-0.25, -0.2) is 0 Å². The van der Waals surface area contributed by atoms with E-state index in [1.807, 2.05) is 0 Å². The van der Waals surface area contributed by atoms with Crippen molar-refractivity contribution in [1.82, 2.24) is 0 Å². The molecule has 1 saturated heterocycles. The molecule has 0 radical (unpaired) electrons. The predicted molar refractivity (Wildman–Crippen MR) is 108 cm³/mol.